The molecule has 1 aliphatic heterocycles. The van der Waals surface area contributed by atoms with Crippen molar-refractivity contribution in [1.82, 2.24) is 0 Å². The van der Waals surface area contributed by atoms with Crippen molar-refractivity contribution in [3.63, 3.8) is 0 Å². The van der Waals surface area contributed by atoms with E-state index in [1.807, 2.05) is 12.1 Å². The van der Waals surface area contributed by atoms with Gasteiger partial charge in [0.1, 0.15) is 6.61 Å². The van der Waals surface area contributed by atoms with Crippen LogP contribution in [0.25, 0.3) is 0 Å². The summed E-state index contributed by atoms with van der Waals surface area (Å²) in [5.41, 5.74) is 6.61. The first-order valence-corrected chi connectivity index (χ1v) is 7.61. The molecule has 1 atom stereocenters. The standard InChI is InChI=1S/C15H22BrNO3/c1-15(2)5-4-11(20-15)9-19-14-12(16)6-10(8-17)7-13(14)18-3/h6-7,11H,4-5,8-9,17H2,1-3H3. The van der Waals surface area contributed by atoms with Crippen molar-refractivity contribution in [1.29, 1.82) is 0 Å². The summed E-state index contributed by atoms with van der Waals surface area (Å²) >= 11 is 3.51. The molecule has 1 saturated heterocycles. The van der Waals surface area contributed by atoms with Crippen LogP contribution in [0.15, 0.2) is 16.6 Å². The van der Waals surface area contributed by atoms with Crippen molar-refractivity contribution in [3.8, 4) is 11.5 Å². The summed E-state index contributed by atoms with van der Waals surface area (Å²) in [5.74, 6) is 1.40. The zero-order valence-corrected chi connectivity index (χ0v) is 13.8. The minimum atomic E-state index is -0.0429. The molecule has 0 bridgehead atoms. The smallest absolute Gasteiger partial charge is 0.175 e. The maximum absolute atomic E-state index is 5.93. The van der Waals surface area contributed by atoms with Crippen molar-refractivity contribution in [2.45, 2.75) is 44.9 Å². The van der Waals surface area contributed by atoms with Gasteiger partial charge in [-0.15, -0.1) is 0 Å². The Bertz CT molecular complexity index is 476. The Labute approximate surface area is 128 Å². The van der Waals surface area contributed by atoms with E-state index < -0.39 is 0 Å². The fourth-order valence-corrected chi connectivity index (χ4v) is 3.01. The molecule has 0 aromatic heterocycles. The van der Waals surface area contributed by atoms with Gasteiger partial charge >= 0.3 is 0 Å². The molecule has 0 radical (unpaired) electrons. The number of rotatable bonds is 5. The zero-order chi connectivity index (χ0) is 14.8. The molecule has 1 fully saturated rings. The van der Waals surface area contributed by atoms with Gasteiger partial charge in [0.25, 0.3) is 0 Å². The molecule has 1 aliphatic rings. The lowest BCUT2D eigenvalue weighted by Crippen LogP contribution is -2.24. The van der Waals surface area contributed by atoms with E-state index in [9.17, 15) is 0 Å². The van der Waals surface area contributed by atoms with Crippen LogP contribution in [-0.2, 0) is 11.3 Å². The molecular formula is C15H22BrNO3. The summed E-state index contributed by atoms with van der Waals surface area (Å²) in [6.45, 7) is 5.22. The molecule has 5 heteroatoms. The predicted octanol–water partition coefficient (Wildman–Crippen LogP) is 3.25. The summed E-state index contributed by atoms with van der Waals surface area (Å²) in [7, 11) is 1.63. The summed E-state index contributed by atoms with van der Waals surface area (Å²) in [6.07, 6.45) is 2.22. The molecule has 2 rings (SSSR count). The molecule has 1 aromatic rings. The Morgan fingerprint density at radius 1 is 1.45 bits per heavy atom. The molecule has 0 saturated carbocycles. The molecule has 1 heterocycles. The maximum Gasteiger partial charge on any atom is 0.175 e. The third-order valence-corrected chi connectivity index (χ3v) is 4.08. The van der Waals surface area contributed by atoms with E-state index in [4.69, 9.17) is 19.9 Å². The minimum Gasteiger partial charge on any atom is -0.493 e. The van der Waals surface area contributed by atoms with Gasteiger partial charge in [0.15, 0.2) is 11.5 Å². The SMILES string of the molecule is COc1cc(CN)cc(Br)c1OCC1CCC(C)(C)O1. The highest BCUT2D eigenvalue weighted by Crippen LogP contribution is 2.37. The van der Waals surface area contributed by atoms with Gasteiger partial charge in [0.2, 0.25) is 0 Å². The van der Waals surface area contributed by atoms with Crippen LogP contribution < -0.4 is 15.2 Å². The normalized spacial score (nSPS) is 20.9. The van der Waals surface area contributed by atoms with Crippen LogP contribution in [0.5, 0.6) is 11.5 Å². The molecule has 2 N–H and O–H groups in total. The number of hydrogen-bond acceptors (Lipinski definition) is 4. The molecule has 0 spiro atoms. The topological polar surface area (TPSA) is 53.7 Å². The van der Waals surface area contributed by atoms with E-state index in [-0.39, 0.29) is 11.7 Å². The first kappa shape index (κ1) is 15.6. The van der Waals surface area contributed by atoms with Gasteiger partial charge < -0.3 is 19.9 Å². The minimum absolute atomic E-state index is 0.0429. The van der Waals surface area contributed by atoms with Gasteiger partial charge in [-0.05, 0) is 60.3 Å². The third kappa shape index (κ3) is 3.65. The molecule has 1 unspecified atom stereocenters. The average molecular weight is 344 g/mol. The lowest BCUT2D eigenvalue weighted by atomic mass is 10.1. The van der Waals surface area contributed by atoms with Crippen LogP contribution in [0, 0.1) is 0 Å². The van der Waals surface area contributed by atoms with E-state index in [1.165, 1.54) is 0 Å². The number of benzene rings is 1. The second-order valence-corrected chi connectivity index (χ2v) is 6.52. The largest absolute Gasteiger partial charge is 0.493 e. The van der Waals surface area contributed by atoms with E-state index in [1.54, 1.807) is 7.11 Å². The predicted molar refractivity (Wildman–Crippen MR) is 82.3 cm³/mol. The second-order valence-electron chi connectivity index (χ2n) is 5.66. The van der Waals surface area contributed by atoms with Gasteiger partial charge in [-0.3, -0.25) is 0 Å². The van der Waals surface area contributed by atoms with E-state index >= 15 is 0 Å². The lowest BCUT2D eigenvalue weighted by Gasteiger charge is -2.20. The first-order valence-electron chi connectivity index (χ1n) is 6.82. The number of ether oxygens (including phenoxy) is 3. The van der Waals surface area contributed by atoms with E-state index in [2.05, 4.69) is 29.8 Å². The fourth-order valence-electron chi connectivity index (χ4n) is 2.40. The quantitative estimate of drug-likeness (QED) is 0.891. The fraction of sp³-hybridized carbons (Fsp3) is 0.600. The summed E-state index contributed by atoms with van der Waals surface area (Å²) in [4.78, 5) is 0. The number of nitrogens with two attached hydrogens (primary N) is 1. The molecule has 112 valence electrons. The van der Waals surface area contributed by atoms with Gasteiger partial charge in [-0.1, -0.05) is 0 Å². The Hall–Kier alpha value is -0.780. The highest BCUT2D eigenvalue weighted by molar-refractivity contribution is 9.10. The zero-order valence-electron chi connectivity index (χ0n) is 12.2. The Morgan fingerprint density at radius 2 is 2.20 bits per heavy atom. The lowest BCUT2D eigenvalue weighted by molar-refractivity contribution is -0.0330. The van der Waals surface area contributed by atoms with Gasteiger partial charge in [0, 0.05) is 6.54 Å². The van der Waals surface area contributed by atoms with Crippen molar-refractivity contribution >= 4 is 15.9 Å². The highest BCUT2D eigenvalue weighted by Gasteiger charge is 2.32. The number of halogens is 1. The Kier molecular flexibility index (Phi) is 4.94. The highest BCUT2D eigenvalue weighted by atomic mass is 79.9. The second kappa shape index (κ2) is 6.33. The van der Waals surface area contributed by atoms with E-state index in [0.717, 1.165) is 22.9 Å². The molecule has 1 aromatic carbocycles. The summed E-state index contributed by atoms with van der Waals surface area (Å²) in [5, 5.41) is 0. The van der Waals surface area contributed by atoms with Crippen molar-refractivity contribution in [2.24, 2.45) is 5.73 Å². The van der Waals surface area contributed by atoms with Gasteiger partial charge in [-0.2, -0.15) is 0 Å². The van der Waals surface area contributed by atoms with Gasteiger partial charge in [-0.25, -0.2) is 0 Å². The maximum atomic E-state index is 5.93. The van der Waals surface area contributed by atoms with Crippen LogP contribution in [0.4, 0.5) is 0 Å². The van der Waals surface area contributed by atoms with Crippen LogP contribution in [0.2, 0.25) is 0 Å². The molecule has 0 amide bonds. The van der Waals surface area contributed by atoms with Crippen molar-refractivity contribution in [2.75, 3.05) is 13.7 Å². The molecule has 0 aliphatic carbocycles. The van der Waals surface area contributed by atoms with Crippen LogP contribution in [0.1, 0.15) is 32.3 Å². The van der Waals surface area contributed by atoms with E-state index in [0.29, 0.717) is 24.7 Å². The Balaban J connectivity index is 2.06. The van der Waals surface area contributed by atoms with Crippen LogP contribution >= 0.6 is 15.9 Å². The van der Waals surface area contributed by atoms with Crippen LogP contribution in [0.3, 0.4) is 0 Å². The first-order chi connectivity index (χ1) is 9.45. The molecule has 20 heavy (non-hydrogen) atoms. The van der Waals surface area contributed by atoms with Crippen molar-refractivity contribution < 1.29 is 14.2 Å². The molecule has 4 nitrogen and oxygen atoms in total. The monoisotopic (exact) mass is 343 g/mol. The van der Waals surface area contributed by atoms with Gasteiger partial charge in [0.05, 0.1) is 23.3 Å². The number of hydrogen-bond donors (Lipinski definition) is 1. The summed E-state index contributed by atoms with van der Waals surface area (Å²) in [6, 6.07) is 3.86. The molecular weight excluding hydrogens is 322 g/mol. The summed E-state index contributed by atoms with van der Waals surface area (Å²) < 4.78 is 18.1. The van der Waals surface area contributed by atoms with Crippen molar-refractivity contribution in [3.05, 3.63) is 22.2 Å². The Morgan fingerprint density at radius 3 is 2.75 bits per heavy atom. The average Bonchev–Trinajstić information content (AvgIpc) is 2.76. The number of methoxy groups -OCH3 is 1. The van der Waals surface area contributed by atoms with Crippen LogP contribution in [-0.4, -0.2) is 25.4 Å². The third-order valence-electron chi connectivity index (χ3n) is 3.49.